The van der Waals surface area contributed by atoms with E-state index < -0.39 is 5.54 Å². The molecule has 0 fully saturated rings. The highest BCUT2D eigenvalue weighted by Gasteiger charge is 2.28. The molecule has 4 rings (SSSR count). The highest BCUT2D eigenvalue weighted by atomic mass is 16.3. The minimum absolute atomic E-state index is 0.0835. The summed E-state index contributed by atoms with van der Waals surface area (Å²) in [6.07, 6.45) is 6.67. The first-order valence-corrected chi connectivity index (χ1v) is 8.08. The van der Waals surface area contributed by atoms with Crippen molar-refractivity contribution in [2.75, 3.05) is 19.8 Å². The Balaban J connectivity index is 1.72. The molecule has 0 aliphatic heterocycles. The smallest absolute Gasteiger partial charge is 0.0633 e. The highest BCUT2D eigenvalue weighted by Crippen LogP contribution is 2.44. The van der Waals surface area contributed by atoms with Gasteiger partial charge in [0.15, 0.2) is 0 Å². The third kappa shape index (κ3) is 2.24. The molecular formula is C20H21NO2. The lowest BCUT2D eigenvalue weighted by molar-refractivity contribution is 0.104. The van der Waals surface area contributed by atoms with Gasteiger partial charge in [-0.1, -0.05) is 42.5 Å². The molecule has 0 bridgehead atoms. The van der Waals surface area contributed by atoms with Gasteiger partial charge in [-0.3, -0.25) is 0 Å². The molecule has 2 aromatic rings. The standard InChI is InChI=1S/C20H21NO2/c1-20(11-22,12-23)21-10-16-6-5-15-9-14-4-2-3-13-7-8-17(16)19(15)18(13)14/h2-9,16,21-23H,10-12H2,1H3. The second-order valence-corrected chi connectivity index (χ2v) is 6.80. The Labute approximate surface area is 136 Å². The molecule has 118 valence electrons. The Morgan fingerprint density at radius 3 is 2.74 bits per heavy atom. The van der Waals surface area contributed by atoms with Crippen LogP contribution in [0.25, 0.3) is 22.4 Å². The van der Waals surface area contributed by atoms with E-state index in [1.54, 1.807) is 0 Å². The summed E-state index contributed by atoms with van der Waals surface area (Å²) >= 11 is 0. The molecule has 1 atom stereocenters. The largest absolute Gasteiger partial charge is 0.394 e. The van der Waals surface area contributed by atoms with Crippen LogP contribution in [0.2, 0.25) is 0 Å². The van der Waals surface area contributed by atoms with Crippen LogP contribution in [0.1, 0.15) is 29.5 Å². The Morgan fingerprint density at radius 2 is 1.96 bits per heavy atom. The van der Waals surface area contributed by atoms with Crippen LogP contribution < -0.4 is 5.32 Å². The number of hydrogen-bond acceptors (Lipinski definition) is 3. The van der Waals surface area contributed by atoms with Crippen LogP contribution in [0.4, 0.5) is 0 Å². The summed E-state index contributed by atoms with van der Waals surface area (Å²) in [6, 6.07) is 10.8. The molecule has 3 heteroatoms. The number of hydrogen-bond donors (Lipinski definition) is 3. The van der Waals surface area contributed by atoms with E-state index in [1.165, 1.54) is 33.0 Å². The van der Waals surface area contributed by atoms with E-state index in [-0.39, 0.29) is 19.1 Å². The summed E-state index contributed by atoms with van der Waals surface area (Å²) in [5, 5.41) is 24.9. The molecular weight excluding hydrogens is 286 g/mol. The van der Waals surface area contributed by atoms with Gasteiger partial charge in [-0.15, -0.1) is 0 Å². The molecule has 0 amide bonds. The van der Waals surface area contributed by atoms with E-state index in [0.29, 0.717) is 6.54 Å². The van der Waals surface area contributed by atoms with E-state index in [4.69, 9.17) is 0 Å². The van der Waals surface area contributed by atoms with E-state index in [1.807, 2.05) is 6.92 Å². The molecule has 0 spiro atoms. The minimum Gasteiger partial charge on any atom is -0.394 e. The van der Waals surface area contributed by atoms with Gasteiger partial charge in [0.2, 0.25) is 0 Å². The number of nitrogens with one attached hydrogen (secondary N) is 1. The first-order valence-electron chi connectivity index (χ1n) is 8.08. The summed E-state index contributed by atoms with van der Waals surface area (Å²) in [6.45, 7) is 2.37. The van der Waals surface area contributed by atoms with Crippen molar-refractivity contribution in [1.82, 2.24) is 5.32 Å². The Kier molecular flexibility index (Phi) is 3.38. The maximum Gasteiger partial charge on any atom is 0.0633 e. The molecule has 3 nitrogen and oxygen atoms in total. The zero-order chi connectivity index (χ0) is 16.0. The van der Waals surface area contributed by atoms with E-state index in [2.05, 4.69) is 53.9 Å². The lowest BCUT2D eigenvalue weighted by Gasteiger charge is -2.30. The predicted octanol–water partition coefficient (Wildman–Crippen LogP) is 2.68. The maximum atomic E-state index is 9.45. The summed E-state index contributed by atoms with van der Waals surface area (Å²) in [5.74, 6) is 0.245. The molecule has 23 heavy (non-hydrogen) atoms. The van der Waals surface area contributed by atoms with Gasteiger partial charge >= 0.3 is 0 Å². The molecule has 0 saturated carbocycles. The molecule has 2 aliphatic carbocycles. The minimum atomic E-state index is -0.647. The van der Waals surface area contributed by atoms with Crippen LogP contribution >= 0.6 is 0 Å². The van der Waals surface area contributed by atoms with Crippen molar-refractivity contribution in [3.05, 3.63) is 59.2 Å². The summed E-state index contributed by atoms with van der Waals surface area (Å²) < 4.78 is 0. The number of aliphatic hydroxyl groups is 2. The quantitative estimate of drug-likeness (QED) is 0.796. The van der Waals surface area contributed by atoms with Crippen molar-refractivity contribution in [1.29, 1.82) is 0 Å². The average Bonchev–Trinajstić information content (AvgIpc) is 2.98. The molecule has 2 aliphatic rings. The van der Waals surface area contributed by atoms with Gasteiger partial charge in [0.1, 0.15) is 0 Å². The van der Waals surface area contributed by atoms with Gasteiger partial charge in [0, 0.05) is 12.5 Å². The van der Waals surface area contributed by atoms with Crippen molar-refractivity contribution in [2.24, 2.45) is 0 Å². The van der Waals surface area contributed by atoms with E-state index in [0.717, 1.165) is 0 Å². The van der Waals surface area contributed by atoms with Gasteiger partial charge < -0.3 is 15.5 Å². The van der Waals surface area contributed by atoms with Crippen LogP contribution in [0, 0.1) is 0 Å². The van der Waals surface area contributed by atoms with Crippen molar-refractivity contribution >= 4 is 22.4 Å². The van der Waals surface area contributed by atoms with Gasteiger partial charge in [0.05, 0.1) is 18.8 Å². The van der Waals surface area contributed by atoms with Gasteiger partial charge in [-0.05, 0) is 46.0 Å². The summed E-state index contributed by atoms with van der Waals surface area (Å²) in [4.78, 5) is 0. The molecule has 1 unspecified atom stereocenters. The Hall–Kier alpha value is -1.94. The first kappa shape index (κ1) is 14.6. The second kappa shape index (κ2) is 5.31. The molecule has 2 aromatic carbocycles. The van der Waals surface area contributed by atoms with Crippen LogP contribution in [0.15, 0.2) is 42.5 Å². The topological polar surface area (TPSA) is 52.5 Å². The second-order valence-electron chi connectivity index (χ2n) is 6.80. The number of allylic oxidation sites excluding steroid dienone is 2. The van der Waals surface area contributed by atoms with Crippen molar-refractivity contribution in [3.8, 4) is 0 Å². The molecule has 0 saturated heterocycles. The van der Waals surface area contributed by atoms with Crippen LogP contribution in [-0.4, -0.2) is 35.5 Å². The highest BCUT2D eigenvalue weighted by molar-refractivity contribution is 6.13. The van der Waals surface area contributed by atoms with Crippen LogP contribution in [-0.2, 0) is 0 Å². The molecule has 3 N–H and O–H groups in total. The van der Waals surface area contributed by atoms with E-state index >= 15 is 0 Å². The Morgan fingerprint density at radius 1 is 1.13 bits per heavy atom. The normalized spacial score (nSPS) is 18.6. The fraction of sp³-hybridized carbons (Fsp3) is 0.300. The van der Waals surface area contributed by atoms with Crippen molar-refractivity contribution in [2.45, 2.75) is 18.4 Å². The summed E-state index contributed by atoms with van der Waals surface area (Å²) in [7, 11) is 0. The lowest BCUT2D eigenvalue weighted by atomic mass is 9.84. The lowest BCUT2D eigenvalue weighted by Crippen LogP contribution is -2.50. The zero-order valence-electron chi connectivity index (χ0n) is 13.2. The third-order valence-electron chi connectivity index (χ3n) is 5.06. The molecule has 0 aromatic heterocycles. The monoisotopic (exact) mass is 307 g/mol. The van der Waals surface area contributed by atoms with Gasteiger partial charge in [0.25, 0.3) is 0 Å². The fourth-order valence-electron chi connectivity index (χ4n) is 3.55. The summed E-state index contributed by atoms with van der Waals surface area (Å²) in [5.41, 5.74) is 4.61. The van der Waals surface area contributed by atoms with Gasteiger partial charge in [-0.2, -0.15) is 0 Å². The molecule has 0 heterocycles. The van der Waals surface area contributed by atoms with Crippen molar-refractivity contribution < 1.29 is 10.2 Å². The first-order chi connectivity index (χ1) is 11.1. The van der Waals surface area contributed by atoms with Gasteiger partial charge in [-0.25, -0.2) is 0 Å². The van der Waals surface area contributed by atoms with Crippen LogP contribution in [0.3, 0.4) is 0 Å². The number of benzene rings is 2. The zero-order valence-corrected chi connectivity index (χ0v) is 13.2. The van der Waals surface area contributed by atoms with Crippen LogP contribution in [0.5, 0.6) is 0 Å². The van der Waals surface area contributed by atoms with E-state index in [9.17, 15) is 10.2 Å². The third-order valence-corrected chi connectivity index (χ3v) is 5.06. The fourth-order valence-corrected chi connectivity index (χ4v) is 3.55. The maximum absolute atomic E-state index is 9.45. The number of rotatable bonds is 5. The predicted molar refractivity (Wildman–Crippen MR) is 94.3 cm³/mol. The number of aliphatic hydroxyl groups excluding tert-OH is 2. The van der Waals surface area contributed by atoms with Crippen molar-refractivity contribution in [3.63, 3.8) is 0 Å². The Bertz CT molecular complexity index is 831. The SMILES string of the molecule is CC(CO)(CO)NCC1C=CC2=Cc3cccc4ccc1c2c34. The molecule has 0 radical (unpaired) electrons. The average molecular weight is 307 g/mol.